The zero-order chi connectivity index (χ0) is 27.6. The number of dihydropyridines is 1. The van der Waals surface area contributed by atoms with Crippen LogP contribution in [0.5, 0.6) is 23.0 Å². The van der Waals surface area contributed by atoms with E-state index in [4.69, 9.17) is 23.7 Å². The molecule has 2 aromatic rings. The number of ether oxygens (including phenoxy) is 5. The van der Waals surface area contributed by atoms with Crippen LogP contribution >= 0.6 is 0 Å². The number of para-hydroxylation sites is 1. The molecule has 38 heavy (non-hydrogen) atoms. The van der Waals surface area contributed by atoms with Crippen LogP contribution in [0.1, 0.15) is 56.6 Å². The molecular weight excluding hydrogens is 486 g/mol. The maximum Gasteiger partial charge on any atom is 0.337 e. The number of ketones is 1. The average molecular weight is 522 g/mol. The number of hydrogen-bond acceptors (Lipinski definition) is 8. The number of carbonyl (C=O) groups is 2. The molecular formula is C30H35NO7. The van der Waals surface area contributed by atoms with Crippen LogP contribution in [0.4, 0.5) is 0 Å². The van der Waals surface area contributed by atoms with Gasteiger partial charge < -0.3 is 29.0 Å². The summed E-state index contributed by atoms with van der Waals surface area (Å²) in [4.78, 5) is 27.3. The Bertz CT molecular complexity index is 1310. The Morgan fingerprint density at radius 1 is 0.921 bits per heavy atom. The molecule has 4 rings (SSSR count). The monoisotopic (exact) mass is 521 g/mol. The molecule has 1 N–H and O–H groups in total. The van der Waals surface area contributed by atoms with Crippen molar-refractivity contribution >= 4 is 11.8 Å². The first-order chi connectivity index (χ1) is 18.2. The summed E-state index contributed by atoms with van der Waals surface area (Å²) in [7, 11) is 6.29. The van der Waals surface area contributed by atoms with Gasteiger partial charge in [-0.15, -0.1) is 0 Å². The zero-order valence-electron chi connectivity index (χ0n) is 23.0. The summed E-state index contributed by atoms with van der Waals surface area (Å²) in [5.74, 6) is 0.989. The van der Waals surface area contributed by atoms with Gasteiger partial charge in [0.2, 0.25) is 0 Å². The standard InChI is InChI=1S/C30H35NO7/c1-16(2)38-30(33)26-17(3)31-21-13-19(18-11-12-23(34-4)25(15-18)36-6)14-22(32)28(21)27(26)20-9-8-10-24(35-5)29(20)37-7/h8-12,15-16,19,27,31H,13-14H2,1-7H3/t19-,27+/m1/s1. The van der Waals surface area contributed by atoms with Crippen LogP contribution in [0.2, 0.25) is 0 Å². The number of carbonyl (C=O) groups excluding carboxylic acids is 2. The first-order valence-electron chi connectivity index (χ1n) is 12.6. The molecule has 2 aliphatic rings. The molecule has 8 nitrogen and oxygen atoms in total. The van der Waals surface area contributed by atoms with Gasteiger partial charge in [0.05, 0.1) is 46.0 Å². The summed E-state index contributed by atoms with van der Waals surface area (Å²) < 4.78 is 27.8. The number of Topliss-reactive ketones (excluding diaryl/α,β-unsaturated/α-hetero) is 1. The van der Waals surface area contributed by atoms with Gasteiger partial charge in [-0.3, -0.25) is 4.79 Å². The van der Waals surface area contributed by atoms with Gasteiger partial charge in [0.15, 0.2) is 28.8 Å². The van der Waals surface area contributed by atoms with Crippen LogP contribution in [0.3, 0.4) is 0 Å². The van der Waals surface area contributed by atoms with Crippen LogP contribution in [0.15, 0.2) is 58.9 Å². The van der Waals surface area contributed by atoms with Gasteiger partial charge in [0.25, 0.3) is 0 Å². The largest absolute Gasteiger partial charge is 0.493 e. The van der Waals surface area contributed by atoms with Crippen molar-refractivity contribution in [3.8, 4) is 23.0 Å². The summed E-state index contributed by atoms with van der Waals surface area (Å²) in [6, 6.07) is 11.2. The highest BCUT2D eigenvalue weighted by Crippen LogP contribution is 2.49. The highest BCUT2D eigenvalue weighted by molar-refractivity contribution is 6.04. The van der Waals surface area contributed by atoms with Gasteiger partial charge in [0.1, 0.15) is 0 Å². The number of benzene rings is 2. The van der Waals surface area contributed by atoms with Crippen molar-refractivity contribution in [3.05, 3.63) is 70.1 Å². The van der Waals surface area contributed by atoms with Crippen LogP contribution in [0.25, 0.3) is 0 Å². The normalized spacial score (nSPS) is 19.1. The zero-order valence-corrected chi connectivity index (χ0v) is 23.0. The summed E-state index contributed by atoms with van der Waals surface area (Å²) in [6.07, 6.45) is 0.551. The molecule has 2 atom stereocenters. The van der Waals surface area contributed by atoms with Crippen LogP contribution in [-0.2, 0) is 14.3 Å². The number of methoxy groups -OCH3 is 4. The summed E-state index contributed by atoms with van der Waals surface area (Å²) in [5, 5.41) is 3.38. The Hall–Kier alpha value is -3.94. The van der Waals surface area contributed by atoms with E-state index in [0.29, 0.717) is 51.8 Å². The Morgan fingerprint density at radius 2 is 1.63 bits per heavy atom. The maximum absolute atomic E-state index is 13.9. The quantitative estimate of drug-likeness (QED) is 0.484. The number of nitrogens with one attached hydrogen (secondary N) is 1. The minimum Gasteiger partial charge on any atom is -0.493 e. The highest BCUT2D eigenvalue weighted by Gasteiger charge is 2.43. The first kappa shape index (κ1) is 27.1. The fourth-order valence-corrected chi connectivity index (χ4v) is 5.38. The molecule has 0 aromatic heterocycles. The molecule has 0 bridgehead atoms. The van der Waals surface area contributed by atoms with Crippen molar-refractivity contribution in [3.63, 3.8) is 0 Å². The second-order valence-electron chi connectivity index (χ2n) is 9.67. The molecule has 0 saturated carbocycles. The van der Waals surface area contributed by atoms with Crippen LogP contribution in [-0.4, -0.2) is 46.3 Å². The molecule has 1 aliphatic heterocycles. The highest BCUT2D eigenvalue weighted by atomic mass is 16.5. The van der Waals surface area contributed by atoms with E-state index in [1.54, 1.807) is 48.4 Å². The first-order valence-corrected chi connectivity index (χ1v) is 12.6. The van der Waals surface area contributed by atoms with E-state index in [1.165, 1.54) is 0 Å². The van der Waals surface area contributed by atoms with Gasteiger partial charge in [0, 0.05) is 29.0 Å². The molecule has 8 heteroatoms. The molecule has 0 saturated heterocycles. The van der Waals surface area contributed by atoms with Crippen LogP contribution < -0.4 is 24.3 Å². The minimum atomic E-state index is -0.665. The fourth-order valence-electron chi connectivity index (χ4n) is 5.38. The molecule has 2 aromatic carbocycles. The van der Waals surface area contributed by atoms with Gasteiger partial charge in [-0.1, -0.05) is 18.2 Å². The Kier molecular flexibility index (Phi) is 7.99. The molecule has 0 fully saturated rings. The van der Waals surface area contributed by atoms with Crippen molar-refractivity contribution in [2.45, 2.75) is 51.6 Å². The lowest BCUT2D eigenvalue weighted by atomic mass is 9.71. The van der Waals surface area contributed by atoms with E-state index in [1.807, 2.05) is 37.3 Å². The Labute approximate surface area is 223 Å². The van der Waals surface area contributed by atoms with E-state index in [0.717, 1.165) is 11.3 Å². The molecule has 1 aliphatic carbocycles. The van der Waals surface area contributed by atoms with E-state index in [-0.39, 0.29) is 24.2 Å². The third-order valence-corrected chi connectivity index (χ3v) is 7.01. The lowest BCUT2D eigenvalue weighted by Gasteiger charge is -2.37. The smallest absolute Gasteiger partial charge is 0.337 e. The predicted molar refractivity (Wildman–Crippen MR) is 143 cm³/mol. The van der Waals surface area contributed by atoms with Crippen molar-refractivity contribution < 1.29 is 33.3 Å². The SMILES string of the molecule is COc1ccc([C@H]2CC(=O)C3=C(C2)NC(C)=C(C(=O)OC(C)C)[C@@H]3c2cccc(OC)c2OC)cc1OC. The average Bonchev–Trinajstić information content (AvgIpc) is 2.90. The van der Waals surface area contributed by atoms with Gasteiger partial charge >= 0.3 is 5.97 Å². The number of esters is 1. The third kappa shape index (κ3) is 4.95. The lowest BCUT2D eigenvalue weighted by molar-refractivity contribution is -0.143. The number of allylic oxidation sites excluding steroid dienone is 3. The maximum atomic E-state index is 13.9. The van der Waals surface area contributed by atoms with E-state index >= 15 is 0 Å². The molecule has 202 valence electrons. The predicted octanol–water partition coefficient (Wildman–Crippen LogP) is 5.03. The van der Waals surface area contributed by atoms with E-state index in [2.05, 4.69) is 5.32 Å². The Balaban J connectivity index is 1.84. The molecule has 0 radical (unpaired) electrons. The lowest BCUT2D eigenvalue weighted by Crippen LogP contribution is -2.36. The second kappa shape index (κ2) is 11.2. The van der Waals surface area contributed by atoms with Crippen molar-refractivity contribution in [1.82, 2.24) is 5.32 Å². The van der Waals surface area contributed by atoms with Crippen molar-refractivity contribution in [2.24, 2.45) is 0 Å². The third-order valence-electron chi connectivity index (χ3n) is 7.01. The summed E-state index contributed by atoms with van der Waals surface area (Å²) >= 11 is 0. The molecule has 0 amide bonds. The molecule has 0 spiro atoms. The van der Waals surface area contributed by atoms with Gasteiger partial charge in [-0.2, -0.15) is 0 Å². The van der Waals surface area contributed by atoms with Gasteiger partial charge in [-0.25, -0.2) is 4.79 Å². The second-order valence-corrected chi connectivity index (χ2v) is 9.67. The van der Waals surface area contributed by atoms with Gasteiger partial charge in [-0.05, 0) is 56.9 Å². The fraction of sp³-hybridized carbons (Fsp3) is 0.400. The van der Waals surface area contributed by atoms with E-state index < -0.39 is 11.9 Å². The van der Waals surface area contributed by atoms with Crippen molar-refractivity contribution in [2.75, 3.05) is 28.4 Å². The topological polar surface area (TPSA) is 92.3 Å². The van der Waals surface area contributed by atoms with Crippen LogP contribution in [0, 0.1) is 0 Å². The summed E-state index contributed by atoms with van der Waals surface area (Å²) in [6.45, 7) is 5.44. The minimum absolute atomic E-state index is 0.0456. The van der Waals surface area contributed by atoms with E-state index in [9.17, 15) is 9.59 Å². The molecule has 0 unspecified atom stereocenters. The molecule has 1 heterocycles. The Morgan fingerprint density at radius 3 is 2.26 bits per heavy atom. The summed E-state index contributed by atoms with van der Waals surface area (Å²) in [5.41, 5.74) is 4.02. The number of rotatable bonds is 8. The van der Waals surface area contributed by atoms with Crippen molar-refractivity contribution in [1.29, 1.82) is 0 Å². The number of hydrogen-bond donors (Lipinski definition) is 1.